The normalized spacial score (nSPS) is 9.77. The second-order valence-electron chi connectivity index (χ2n) is 2.33. The smallest absolute Gasteiger partial charge is 0.234 e. The van der Waals surface area contributed by atoms with E-state index in [1.54, 1.807) is 0 Å². The van der Waals surface area contributed by atoms with E-state index in [0.29, 0.717) is 5.02 Å². The second-order valence-corrected chi connectivity index (χ2v) is 3.05. The number of carbonyl (C=O) groups excluding carboxylic acids is 1. The van der Waals surface area contributed by atoms with Crippen molar-refractivity contribution < 1.29 is 9.18 Å². The summed E-state index contributed by atoms with van der Waals surface area (Å²) in [6.45, 7) is 0. The first-order chi connectivity index (χ1) is 6.13. The molecule has 1 aromatic rings. The van der Waals surface area contributed by atoms with E-state index in [0.717, 1.165) is 6.07 Å². The number of carbonyl (C=O) groups is 1. The van der Waals surface area contributed by atoms with Crippen molar-refractivity contribution in [3.63, 3.8) is 0 Å². The largest absolute Gasteiger partial charge is 0.324 e. The topological polar surface area (TPSA) is 29.1 Å². The van der Waals surface area contributed by atoms with E-state index in [1.807, 2.05) is 0 Å². The first-order valence-corrected chi connectivity index (χ1v) is 4.50. The van der Waals surface area contributed by atoms with Crippen LogP contribution in [-0.2, 0) is 4.79 Å². The highest BCUT2D eigenvalue weighted by Crippen LogP contribution is 2.22. The number of anilines is 1. The molecule has 0 unspecified atom stereocenters. The van der Waals surface area contributed by atoms with Gasteiger partial charge in [-0.3, -0.25) is 4.79 Å². The molecule has 0 spiro atoms. The van der Waals surface area contributed by atoms with E-state index in [2.05, 4.69) is 17.9 Å². The van der Waals surface area contributed by atoms with Gasteiger partial charge in [-0.1, -0.05) is 11.6 Å². The van der Waals surface area contributed by atoms with Crippen LogP contribution in [0.15, 0.2) is 18.2 Å². The SMILES string of the molecule is O=C(CS)Nc1cc(F)ccc1Cl. The summed E-state index contributed by atoms with van der Waals surface area (Å²) in [5.41, 5.74) is 0.265. The Morgan fingerprint density at radius 3 is 2.92 bits per heavy atom. The zero-order chi connectivity index (χ0) is 9.84. The molecule has 0 aliphatic heterocycles. The van der Waals surface area contributed by atoms with Gasteiger partial charge in [-0.15, -0.1) is 0 Å². The molecule has 0 radical (unpaired) electrons. The van der Waals surface area contributed by atoms with Crippen molar-refractivity contribution in [2.45, 2.75) is 0 Å². The Morgan fingerprint density at radius 1 is 1.62 bits per heavy atom. The van der Waals surface area contributed by atoms with Crippen LogP contribution in [0.5, 0.6) is 0 Å². The standard InChI is InChI=1S/C8H7ClFNOS/c9-6-2-1-5(10)3-7(6)11-8(12)4-13/h1-3,13H,4H2,(H,11,12). The molecule has 0 heterocycles. The fraction of sp³-hybridized carbons (Fsp3) is 0.125. The molecule has 1 rings (SSSR count). The summed E-state index contributed by atoms with van der Waals surface area (Å²) >= 11 is 9.45. The third-order valence-electron chi connectivity index (χ3n) is 1.35. The highest BCUT2D eigenvalue weighted by atomic mass is 35.5. The molecule has 0 aromatic heterocycles. The first-order valence-electron chi connectivity index (χ1n) is 3.49. The molecule has 2 nitrogen and oxygen atoms in total. The monoisotopic (exact) mass is 219 g/mol. The fourth-order valence-electron chi connectivity index (χ4n) is 0.783. The molecule has 13 heavy (non-hydrogen) atoms. The molecular weight excluding hydrogens is 213 g/mol. The van der Waals surface area contributed by atoms with E-state index in [-0.39, 0.29) is 17.3 Å². The Bertz CT molecular complexity index is 332. The van der Waals surface area contributed by atoms with Crippen molar-refractivity contribution in [1.29, 1.82) is 0 Å². The zero-order valence-electron chi connectivity index (χ0n) is 6.55. The van der Waals surface area contributed by atoms with Crippen LogP contribution in [0.3, 0.4) is 0 Å². The van der Waals surface area contributed by atoms with Crippen LogP contribution in [0.1, 0.15) is 0 Å². The van der Waals surface area contributed by atoms with Crippen LogP contribution in [0.4, 0.5) is 10.1 Å². The van der Waals surface area contributed by atoms with Crippen molar-refractivity contribution in [1.82, 2.24) is 0 Å². The number of hydrogen-bond donors (Lipinski definition) is 2. The Balaban J connectivity index is 2.87. The molecule has 0 bridgehead atoms. The predicted molar refractivity (Wildman–Crippen MR) is 53.9 cm³/mol. The van der Waals surface area contributed by atoms with Gasteiger partial charge in [0.2, 0.25) is 5.91 Å². The van der Waals surface area contributed by atoms with Gasteiger partial charge < -0.3 is 5.32 Å². The maximum absolute atomic E-state index is 12.7. The summed E-state index contributed by atoms with van der Waals surface area (Å²) in [4.78, 5) is 10.9. The average Bonchev–Trinajstić information content (AvgIpc) is 2.11. The molecular formula is C8H7ClFNOS. The number of benzene rings is 1. The second kappa shape index (κ2) is 4.48. The van der Waals surface area contributed by atoms with Crippen molar-refractivity contribution in [3.8, 4) is 0 Å². The minimum Gasteiger partial charge on any atom is -0.324 e. The molecule has 0 aliphatic carbocycles. The van der Waals surface area contributed by atoms with Gasteiger partial charge in [-0.05, 0) is 18.2 Å². The maximum atomic E-state index is 12.7. The van der Waals surface area contributed by atoms with Crippen LogP contribution < -0.4 is 5.32 Å². The molecule has 1 aromatic carbocycles. The lowest BCUT2D eigenvalue weighted by molar-refractivity contribution is -0.113. The molecule has 1 N–H and O–H groups in total. The molecule has 0 fully saturated rings. The van der Waals surface area contributed by atoms with E-state index in [4.69, 9.17) is 11.6 Å². The van der Waals surface area contributed by atoms with Gasteiger partial charge in [0.1, 0.15) is 5.82 Å². The van der Waals surface area contributed by atoms with E-state index < -0.39 is 5.82 Å². The van der Waals surface area contributed by atoms with Crippen molar-refractivity contribution in [2.75, 3.05) is 11.1 Å². The van der Waals surface area contributed by atoms with Gasteiger partial charge in [0.05, 0.1) is 16.5 Å². The number of thiol groups is 1. The van der Waals surface area contributed by atoms with Crippen molar-refractivity contribution >= 4 is 35.8 Å². The van der Waals surface area contributed by atoms with Crippen LogP contribution in [-0.4, -0.2) is 11.7 Å². The van der Waals surface area contributed by atoms with Gasteiger partial charge >= 0.3 is 0 Å². The zero-order valence-corrected chi connectivity index (χ0v) is 8.20. The maximum Gasteiger partial charge on any atom is 0.234 e. The Hall–Kier alpha value is -0.740. The molecule has 1 amide bonds. The fourth-order valence-corrected chi connectivity index (χ4v) is 1.03. The number of hydrogen-bond acceptors (Lipinski definition) is 2. The van der Waals surface area contributed by atoms with E-state index in [1.165, 1.54) is 12.1 Å². The van der Waals surface area contributed by atoms with Crippen LogP contribution in [0.25, 0.3) is 0 Å². The Labute approximate surface area is 85.5 Å². The summed E-state index contributed by atoms with van der Waals surface area (Å²) in [5.74, 6) is -0.734. The van der Waals surface area contributed by atoms with Gasteiger partial charge in [0, 0.05) is 0 Å². The number of amides is 1. The van der Waals surface area contributed by atoms with Gasteiger partial charge in [0.15, 0.2) is 0 Å². The summed E-state index contributed by atoms with van der Waals surface area (Å²) < 4.78 is 12.7. The lowest BCUT2D eigenvalue weighted by Gasteiger charge is -2.04. The average molecular weight is 220 g/mol. The summed E-state index contributed by atoms with van der Waals surface area (Å²) in [5, 5.41) is 2.72. The molecule has 0 aliphatic rings. The molecule has 0 saturated carbocycles. The number of halogens is 2. The highest BCUT2D eigenvalue weighted by Gasteiger charge is 2.04. The number of nitrogens with one attached hydrogen (secondary N) is 1. The van der Waals surface area contributed by atoms with Gasteiger partial charge in [-0.25, -0.2) is 4.39 Å². The summed E-state index contributed by atoms with van der Waals surface area (Å²) in [6, 6.07) is 3.76. The Kier molecular flexibility index (Phi) is 3.57. The third kappa shape index (κ3) is 2.90. The molecule has 0 atom stereocenters. The minimum absolute atomic E-state index is 0.0346. The minimum atomic E-state index is -0.445. The van der Waals surface area contributed by atoms with Crippen LogP contribution in [0, 0.1) is 5.82 Å². The van der Waals surface area contributed by atoms with Crippen LogP contribution in [0.2, 0.25) is 5.02 Å². The lowest BCUT2D eigenvalue weighted by Crippen LogP contribution is -2.12. The van der Waals surface area contributed by atoms with Crippen molar-refractivity contribution in [3.05, 3.63) is 29.0 Å². The molecule has 5 heteroatoms. The summed E-state index contributed by atoms with van der Waals surface area (Å²) in [7, 11) is 0. The number of rotatable bonds is 2. The highest BCUT2D eigenvalue weighted by molar-refractivity contribution is 7.81. The van der Waals surface area contributed by atoms with E-state index in [9.17, 15) is 9.18 Å². The molecule has 0 saturated heterocycles. The van der Waals surface area contributed by atoms with Gasteiger partial charge in [0.25, 0.3) is 0 Å². The predicted octanol–water partition coefficient (Wildman–Crippen LogP) is 2.35. The lowest BCUT2D eigenvalue weighted by atomic mass is 10.3. The van der Waals surface area contributed by atoms with Gasteiger partial charge in [-0.2, -0.15) is 12.6 Å². The quantitative estimate of drug-likeness (QED) is 0.735. The molecule has 70 valence electrons. The third-order valence-corrected chi connectivity index (χ3v) is 1.96. The Morgan fingerprint density at radius 2 is 2.31 bits per heavy atom. The van der Waals surface area contributed by atoms with Crippen LogP contribution >= 0.6 is 24.2 Å². The first kappa shape index (κ1) is 10.3. The van der Waals surface area contributed by atoms with Crippen molar-refractivity contribution in [2.24, 2.45) is 0 Å². The van der Waals surface area contributed by atoms with E-state index >= 15 is 0 Å². The summed E-state index contributed by atoms with van der Waals surface area (Å²) in [6.07, 6.45) is 0.